The maximum absolute atomic E-state index is 13.8. The summed E-state index contributed by atoms with van der Waals surface area (Å²) in [7, 11) is 4.65. The maximum atomic E-state index is 13.8. The fourth-order valence-electron chi connectivity index (χ4n) is 4.57. The molecule has 0 aromatic carbocycles. The summed E-state index contributed by atoms with van der Waals surface area (Å²) >= 11 is 0. The smallest absolute Gasteiger partial charge is 0.348 e. The number of carboxylic acid groups (broad SMARTS) is 1. The van der Waals surface area contributed by atoms with E-state index in [0.29, 0.717) is 19.3 Å². The molecule has 5 N–H and O–H groups in total. The molecule has 0 aliphatic carbocycles. The highest BCUT2D eigenvalue weighted by Crippen LogP contribution is 2.29. The average molecular weight is 532 g/mol. The van der Waals surface area contributed by atoms with Crippen LogP contribution in [0.25, 0.3) is 0 Å². The molecular weight excluding hydrogens is 482 g/mol. The molecule has 11 nitrogen and oxygen atoms in total. The molecule has 0 saturated carbocycles. The highest BCUT2D eigenvalue weighted by Gasteiger charge is 2.49. The van der Waals surface area contributed by atoms with E-state index < -0.39 is 66.5 Å². The molecule has 7 atom stereocenters. The SMILES string of the molecule is CN[C@@H](C)C(=O)N(C)[C@H](C(=O)CC(CC(C)O)(OC(=O)[C@@H](NC)C(C)C)C(=O)O)[C@@H](C)CCCC(C)O. The van der Waals surface area contributed by atoms with Crippen molar-refractivity contribution >= 4 is 23.6 Å². The lowest BCUT2D eigenvalue weighted by Crippen LogP contribution is -2.56. The normalized spacial score (nSPS) is 18.2. The zero-order valence-corrected chi connectivity index (χ0v) is 23.9. The minimum absolute atomic E-state index is 0.222. The fourth-order valence-corrected chi connectivity index (χ4v) is 4.57. The number of nitrogens with zero attached hydrogens (tertiary/aromatic N) is 1. The molecule has 0 aliphatic heterocycles. The predicted octanol–water partition coefficient (Wildman–Crippen LogP) is 0.949. The number of aliphatic hydroxyl groups is 2. The first-order valence-corrected chi connectivity index (χ1v) is 13.0. The largest absolute Gasteiger partial charge is 0.478 e. The molecule has 11 heteroatoms. The number of amides is 1. The van der Waals surface area contributed by atoms with Gasteiger partial charge in [-0.15, -0.1) is 0 Å². The third kappa shape index (κ3) is 10.7. The number of carbonyl (C=O) groups is 4. The van der Waals surface area contributed by atoms with Crippen molar-refractivity contribution in [3.8, 4) is 0 Å². The van der Waals surface area contributed by atoms with Crippen molar-refractivity contribution in [2.45, 2.75) is 110 Å². The Labute approximate surface area is 221 Å². The van der Waals surface area contributed by atoms with Crippen LogP contribution in [0.2, 0.25) is 0 Å². The number of ether oxygens (including phenoxy) is 1. The Hall–Kier alpha value is -2.08. The molecule has 0 radical (unpaired) electrons. The second-order valence-electron chi connectivity index (χ2n) is 10.6. The molecule has 0 bridgehead atoms. The summed E-state index contributed by atoms with van der Waals surface area (Å²) in [6, 6.07) is -2.42. The van der Waals surface area contributed by atoms with E-state index in [-0.39, 0.29) is 17.7 Å². The minimum atomic E-state index is -2.32. The summed E-state index contributed by atoms with van der Waals surface area (Å²) in [6.07, 6.45) is -1.32. The van der Waals surface area contributed by atoms with Gasteiger partial charge in [-0.1, -0.05) is 27.2 Å². The quantitative estimate of drug-likeness (QED) is 0.161. The van der Waals surface area contributed by atoms with Crippen LogP contribution in [0, 0.1) is 11.8 Å². The molecule has 3 unspecified atom stereocenters. The number of esters is 1. The Morgan fingerprint density at radius 1 is 0.919 bits per heavy atom. The number of carboxylic acids is 1. The van der Waals surface area contributed by atoms with E-state index in [1.54, 1.807) is 48.7 Å². The van der Waals surface area contributed by atoms with Gasteiger partial charge in [0, 0.05) is 13.5 Å². The molecule has 0 aromatic rings. The minimum Gasteiger partial charge on any atom is -0.478 e. The molecular formula is C26H49N3O8. The van der Waals surface area contributed by atoms with Crippen molar-refractivity contribution in [3.05, 3.63) is 0 Å². The van der Waals surface area contributed by atoms with E-state index in [1.165, 1.54) is 18.9 Å². The Kier molecular flexibility index (Phi) is 15.1. The third-order valence-electron chi connectivity index (χ3n) is 6.72. The molecule has 0 saturated heterocycles. The maximum Gasteiger partial charge on any atom is 0.348 e. The summed E-state index contributed by atoms with van der Waals surface area (Å²) < 4.78 is 5.52. The molecule has 1 amide bonds. The van der Waals surface area contributed by atoms with Gasteiger partial charge in [0.15, 0.2) is 5.78 Å². The van der Waals surface area contributed by atoms with E-state index in [0.717, 1.165) is 0 Å². The van der Waals surface area contributed by atoms with E-state index in [2.05, 4.69) is 10.6 Å². The highest BCUT2D eigenvalue weighted by atomic mass is 16.6. The van der Waals surface area contributed by atoms with Crippen LogP contribution in [0.3, 0.4) is 0 Å². The van der Waals surface area contributed by atoms with E-state index in [1.807, 2.05) is 0 Å². The van der Waals surface area contributed by atoms with Crippen LogP contribution >= 0.6 is 0 Å². The summed E-state index contributed by atoms with van der Waals surface area (Å²) in [6.45, 7) is 9.99. The van der Waals surface area contributed by atoms with Crippen LogP contribution in [0.5, 0.6) is 0 Å². The molecule has 0 aliphatic rings. The van der Waals surface area contributed by atoms with Crippen molar-refractivity contribution in [1.29, 1.82) is 0 Å². The average Bonchev–Trinajstić information content (AvgIpc) is 2.77. The number of rotatable bonds is 18. The Bertz CT molecular complexity index is 758. The summed E-state index contributed by atoms with van der Waals surface area (Å²) in [5.41, 5.74) is -2.32. The van der Waals surface area contributed by atoms with Crippen LogP contribution in [0.15, 0.2) is 0 Å². The van der Waals surface area contributed by atoms with Gasteiger partial charge >= 0.3 is 11.9 Å². The van der Waals surface area contributed by atoms with Crippen LogP contribution in [0.1, 0.15) is 73.6 Å². The van der Waals surface area contributed by atoms with E-state index >= 15 is 0 Å². The number of hydrogen-bond donors (Lipinski definition) is 5. The second kappa shape index (κ2) is 16.0. The molecule has 0 rings (SSSR count). The number of Topliss-reactive ketones (excluding diaryl/α,β-unsaturated/α-hetero) is 1. The third-order valence-corrected chi connectivity index (χ3v) is 6.72. The predicted molar refractivity (Wildman–Crippen MR) is 140 cm³/mol. The van der Waals surface area contributed by atoms with Crippen molar-refractivity contribution < 1.29 is 39.2 Å². The number of hydrogen-bond acceptors (Lipinski definition) is 9. The lowest BCUT2D eigenvalue weighted by molar-refractivity contribution is -0.186. The molecule has 37 heavy (non-hydrogen) atoms. The van der Waals surface area contributed by atoms with Crippen molar-refractivity contribution in [2.24, 2.45) is 11.8 Å². The van der Waals surface area contributed by atoms with Gasteiger partial charge < -0.3 is 35.6 Å². The highest BCUT2D eigenvalue weighted by molar-refractivity contribution is 5.95. The van der Waals surface area contributed by atoms with Gasteiger partial charge in [-0.3, -0.25) is 14.4 Å². The second-order valence-corrected chi connectivity index (χ2v) is 10.6. The van der Waals surface area contributed by atoms with Crippen LogP contribution in [0.4, 0.5) is 0 Å². The summed E-state index contributed by atoms with van der Waals surface area (Å²) in [4.78, 5) is 53.5. The van der Waals surface area contributed by atoms with Crippen molar-refractivity contribution in [3.63, 3.8) is 0 Å². The lowest BCUT2D eigenvalue weighted by Gasteiger charge is -2.37. The van der Waals surface area contributed by atoms with Crippen molar-refractivity contribution in [1.82, 2.24) is 15.5 Å². The van der Waals surface area contributed by atoms with Gasteiger partial charge in [-0.2, -0.15) is 0 Å². The number of likely N-dealkylation sites (N-methyl/N-ethyl adjacent to an activating group) is 3. The Balaban J connectivity index is 6.37. The summed E-state index contributed by atoms with van der Waals surface area (Å²) in [5, 5.41) is 35.6. The number of aliphatic hydroxyl groups excluding tert-OH is 2. The van der Waals surface area contributed by atoms with Crippen LogP contribution < -0.4 is 10.6 Å². The Morgan fingerprint density at radius 3 is 1.89 bits per heavy atom. The van der Waals surface area contributed by atoms with Crippen LogP contribution in [-0.4, -0.2) is 101 Å². The first-order valence-electron chi connectivity index (χ1n) is 13.0. The van der Waals surface area contributed by atoms with Gasteiger partial charge in [0.25, 0.3) is 0 Å². The first kappa shape index (κ1) is 34.9. The lowest BCUT2D eigenvalue weighted by atomic mass is 9.83. The van der Waals surface area contributed by atoms with E-state index in [4.69, 9.17) is 4.74 Å². The van der Waals surface area contributed by atoms with E-state index in [9.17, 15) is 34.5 Å². The van der Waals surface area contributed by atoms with Gasteiger partial charge in [0.2, 0.25) is 11.5 Å². The van der Waals surface area contributed by atoms with Gasteiger partial charge in [0.1, 0.15) is 6.04 Å². The zero-order valence-electron chi connectivity index (χ0n) is 23.9. The molecule has 216 valence electrons. The monoisotopic (exact) mass is 531 g/mol. The number of carbonyl (C=O) groups excluding carboxylic acids is 3. The molecule has 0 spiro atoms. The van der Waals surface area contributed by atoms with Crippen molar-refractivity contribution in [2.75, 3.05) is 21.1 Å². The topological polar surface area (TPSA) is 165 Å². The molecule has 0 aromatic heterocycles. The number of nitrogens with one attached hydrogen (secondary N) is 2. The van der Waals surface area contributed by atoms with Gasteiger partial charge in [-0.25, -0.2) is 4.79 Å². The Morgan fingerprint density at radius 2 is 1.49 bits per heavy atom. The zero-order chi connectivity index (χ0) is 29.1. The number of ketones is 1. The molecule has 0 heterocycles. The first-order chi connectivity index (χ1) is 17.0. The fraction of sp³-hybridized carbons (Fsp3) is 0.846. The van der Waals surface area contributed by atoms with Gasteiger partial charge in [0.05, 0.1) is 30.7 Å². The van der Waals surface area contributed by atoms with Crippen LogP contribution in [-0.2, 0) is 23.9 Å². The molecule has 0 fully saturated rings. The number of aliphatic carboxylic acids is 1. The standard InChI is InChI=1S/C26H49N3O8/c1-15(2)21(28-8)24(34)37-26(25(35)36,13-18(5)31)14-20(32)22(16(3)11-10-12-17(4)30)29(9)23(33)19(6)27-7/h15-19,21-22,27-28,30-31H,10-14H2,1-9H3,(H,35,36)/t16-,17?,18?,19-,21-,22-,26?/m0/s1. The summed E-state index contributed by atoms with van der Waals surface area (Å²) in [5.74, 6) is -3.94. The van der Waals surface area contributed by atoms with Gasteiger partial charge in [-0.05, 0) is 59.5 Å².